The van der Waals surface area contributed by atoms with Gasteiger partial charge in [-0.2, -0.15) is 5.10 Å². The van der Waals surface area contributed by atoms with Crippen molar-refractivity contribution in [2.24, 2.45) is 5.10 Å². The zero-order valence-electron chi connectivity index (χ0n) is 17.8. The first-order valence-electron chi connectivity index (χ1n) is 9.91. The first-order chi connectivity index (χ1) is 14.9. The molecule has 3 aromatic rings. The Hall–Kier alpha value is -3.93. The lowest BCUT2D eigenvalue weighted by Crippen LogP contribution is -2.32. The molecule has 0 aliphatic carbocycles. The number of ether oxygens (including phenoxy) is 1. The van der Waals surface area contributed by atoms with E-state index in [1.165, 1.54) is 11.8 Å². The highest BCUT2D eigenvalue weighted by Crippen LogP contribution is 2.16. The van der Waals surface area contributed by atoms with Crippen LogP contribution >= 0.6 is 0 Å². The summed E-state index contributed by atoms with van der Waals surface area (Å²) in [5.41, 5.74) is 7.83. The van der Waals surface area contributed by atoms with Gasteiger partial charge in [-0.3, -0.25) is 9.59 Å². The van der Waals surface area contributed by atoms with Crippen LogP contribution in [0.25, 0.3) is 0 Å². The Kier molecular flexibility index (Phi) is 7.17. The highest BCUT2D eigenvalue weighted by molar-refractivity contribution is 6.39. The van der Waals surface area contributed by atoms with E-state index in [1.807, 2.05) is 75.4 Å². The molecule has 0 fully saturated rings. The van der Waals surface area contributed by atoms with Crippen molar-refractivity contribution in [3.8, 4) is 5.75 Å². The van der Waals surface area contributed by atoms with E-state index in [0.717, 1.165) is 22.3 Å². The molecule has 0 unspecified atom stereocenters. The van der Waals surface area contributed by atoms with Crippen LogP contribution in [0.2, 0.25) is 0 Å². The highest BCUT2D eigenvalue weighted by Gasteiger charge is 2.13. The van der Waals surface area contributed by atoms with E-state index in [1.54, 1.807) is 12.1 Å². The van der Waals surface area contributed by atoms with Gasteiger partial charge >= 0.3 is 11.8 Å². The lowest BCUT2D eigenvalue weighted by molar-refractivity contribution is -0.136. The van der Waals surface area contributed by atoms with Crippen molar-refractivity contribution in [3.05, 3.63) is 94.5 Å². The van der Waals surface area contributed by atoms with Crippen LogP contribution in [0.15, 0.2) is 71.8 Å². The monoisotopic (exact) mass is 415 g/mol. The summed E-state index contributed by atoms with van der Waals surface area (Å²) in [5.74, 6) is -0.939. The molecule has 0 aliphatic rings. The number of benzene rings is 3. The number of rotatable bonds is 6. The molecule has 0 atom stereocenters. The highest BCUT2D eigenvalue weighted by atomic mass is 16.5. The summed E-state index contributed by atoms with van der Waals surface area (Å²) in [6.07, 6.45) is 1.46. The van der Waals surface area contributed by atoms with Crippen molar-refractivity contribution in [2.75, 3.05) is 5.32 Å². The normalized spacial score (nSPS) is 10.7. The van der Waals surface area contributed by atoms with Gasteiger partial charge in [-0.15, -0.1) is 0 Å². The van der Waals surface area contributed by atoms with E-state index in [9.17, 15) is 9.59 Å². The third-order valence-electron chi connectivity index (χ3n) is 4.58. The maximum atomic E-state index is 12.1. The van der Waals surface area contributed by atoms with Gasteiger partial charge in [0.1, 0.15) is 12.4 Å². The molecule has 31 heavy (non-hydrogen) atoms. The van der Waals surface area contributed by atoms with Crippen molar-refractivity contribution < 1.29 is 14.3 Å². The number of hydrogen-bond donors (Lipinski definition) is 2. The molecular formula is C25H25N3O3. The van der Waals surface area contributed by atoms with Gasteiger partial charge in [0.15, 0.2) is 0 Å². The SMILES string of the molecule is Cc1cc(C)cc(NC(=O)C(=O)N/N=C/c2cccc(OCc3ccccc3C)c2)c1. The number of anilines is 1. The smallest absolute Gasteiger partial charge is 0.329 e. The average molecular weight is 415 g/mol. The van der Waals surface area contributed by atoms with Crippen molar-refractivity contribution >= 4 is 23.7 Å². The third-order valence-corrected chi connectivity index (χ3v) is 4.58. The molecule has 3 aromatic carbocycles. The molecule has 6 nitrogen and oxygen atoms in total. The minimum atomic E-state index is -0.845. The summed E-state index contributed by atoms with van der Waals surface area (Å²) in [6, 6.07) is 20.9. The lowest BCUT2D eigenvalue weighted by Gasteiger charge is -2.09. The van der Waals surface area contributed by atoms with Gasteiger partial charge in [0.2, 0.25) is 0 Å². The zero-order valence-corrected chi connectivity index (χ0v) is 17.8. The van der Waals surface area contributed by atoms with Crippen LogP contribution in [0.4, 0.5) is 5.69 Å². The van der Waals surface area contributed by atoms with Gasteiger partial charge in [0, 0.05) is 5.69 Å². The van der Waals surface area contributed by atoms with Crippen molar-refractivity contribution in [1.82, 2.24) is 5.43 Å². The van der Waals surface area contributed by atoms with Gasteiger partial charge in [0.25, 0.3) is 0 Å². The number of carbonyl (C=O) groups excluding carboxylic acids is 2. The largest absolute Gasteiger partial charge is 0.489 e. The summed E-state index contributed by atoms with van der Waals surface area (Å²) in [5, 5.41) is 6.45. The number of hydrazone groups is 1. The Labute approximate surface area is 182 Å². The molecule has 0 bridgehead atoms. The maximum absolute atomic E-state index is 12.1. The van der Waals surface area contributed by atoms with Crippen LogP contribution < -0.4 is 15.5 Å². The molecule has 6 heteroatoms. The predicted octanol–water partition coefficient (Wildman–Crippen LogP) is 4.28. The number of amides is 2. The fourth-order valence-corrected chi connectivity index (χ4v) is 3.07. The Morgan fingerprint density at radius 1 is 0.903 bits per heavy atom. The fraction of sp³-hybridized carbons (Fsp3) is 0.160. The molecule has 2 N–H and O–H groups in total. The number of carbonyl (C=O) groups is 2. The minimum absolute atomic E-state index is 0.461. The third kappa shape index (κ3) is 6.54. The van der Waals surface area contributed by atoms with Crippen LogP contribution in [0.3, 0.4) is 0 Å². The molecule has 3 rings (SSSR count). The molecule has 0 saturated carbocycles. The second-order valence-electron chi connectivity index (χ2n) is 7.32. The Morgan fingerprint density at radius 3 is 2.39 bits per heavy atom. The van der Waals surface area contributed by atoms with E-state index in [0.29, 0.717) is 18.0 Å². The first kappa shape index (κ1) is 21.8. The van der Waals surface area contributed by atoms with Gasteiger partial charge in [0.05, 0.1) is 6.21 Å². The van der Waals surface area contributed by atoms with Crippen molar-refractivity contribution in [2.45, 2.75) is 27.4 Å². The molecule has 0 aliphatic heterocycles. The number of aryl methyl sites for hydroxylation is 3. The summed E-state index contributed by atoms with van der Waals surface area (Å²) in [7, 11) is 0. The van der Waals surface area contributed by atoms with Crippen LogP contribution in [0.5, 0.6) is 5.75 Å². The van der Waals surface area contributed by atoms with Gasteiger partial charge < -0.3 is 10.1 Å². The van der Waals surface area contributed by atoms with Crippen LogP contribution in [0, 0.1) is 20.8 Å². The number of nitrogens with one attached hydrogen (secondary N) is 2. The predicted molar refractivity (Wildman–Crippen MR) is 122 cm³/mol. The van der Waals surface area contributed by atoms with Gasteiger partial charge in [-0.1, -0.05) is 42.5 Å². The van der Waals surface area contributed by atoms with E-state index >= 15 is 0 Å². The minimum Gasteiger partial charge on any atom is -0.489 e. The lowest BCUT2D eigenvalue weighted by atomic mass is 10.1. The standard InChI is InChI=1S/C25H25N3O3/c1-17-11-18(2)13-22(12-17)27-24(29)25(30)28-26-15-20-8-6-10-23(14-20)31-16-21-9-5-4-7-19(21)3/h4-15H,16H2,1-3H3,(H,27,29)(H,28,30)/b26-15+. The van der Waals surface area contributed by atoms with Crippen molar-refractivity contribution in [3.63, 3.8) is 0 Å². The quantitative estimate of drug-likeness (QED) is 0.358. The second kappa shape index (κ2) is 10.2. The molecular weight excluding hydrogens is 390 g/mol. The van der Waals surface area contributed by atoms with Gasteiger partial charge in [-0.05, 0) is 72.9 Å². The topological polar surface area (TPSA) is 79.8 Å². The molecule has 0 spiro atoms. The van der Waals surface area contributed by atoms with Gasteiger partial charge in [-0.25, -0.2) is 5.43 Å². The maximum Gasteiger partial charge on any atom is 0.329 e. The van der Waals surface area contributed by atoms with Crippen LogP contribution in [-0.4, -0.2) is 18.0 Å². The zero-order chi connectivity index (χ0) is 22.2. The average Bonchev–Trinajstić information content (AvgIpc) is 2.72. The summed E-state index contributed by atoms with van der Waals surface area (Å²) < 4.78 is 5.85. The summed E-state index contributed by atoms with van der Waals surface area (Å²) >= 11 is 0. The van der Waals surface area contributed by atoms with Crippen LogP contribution in [0.1, 0.15) is 27.8 Å². The van der Waals surface area contributed by atoms with E-state index < -0.39 is 11.8 Å². The molecule has 2 amide bonds. The fourth-order valence-electron chi connectivity index (χ4n) is 3.07. The number of hydrogen-bond acceptors (Lipinski definition) is 4. The summed E-state index contributed by atoms with van der Waals surface area (Å²) in [6.45, 7) is 6.35. The van der Waals surface area contributed by atoms with Crippen LogP contribution in [-0.2, 0) is 16.2 Å². The molecule has 158 valence electrons. The Bertz CT molecular complexity index is 1100. The Morgan fingerprint density at radius 2 is 1.65 bits per heavy atom. The first-order valence-corrected chi connectivity index (χ1v) is 9.91. The van der Waals surface area contributed by atoms with E-state index in [4.69, 9.17) is 4.74 Å². The number of nitrogens with zero attached hydrogens (tertiary/aromatic N) is 1. The van der Waals surface area contributed by atoms with E-state index in [-0.39, 0.29) is 0 Å². The molecule has 0 saturated heterocycles. The second-order valence-corrected chi connectivity index (χ2v) is 7.32. The molecule has 0 aromatic heterocycles. The van der Waals surface area contributed by atoms with E-state index in [2.05, 4.69) is 15.8 Å². The van der Waals surface area contributed by atoms with Crippen molar-refractivity contribution in [1.29, 1.82) is 0 Å². The molecule has 0 radical (unpaired) electrons. The Balaban J connectivity index is 1.54. The molecule has 0 heterocycles. The summed E-state index contributed by atoms with van der Waals surface area (Å²) in [4.78, 5) is 24.1.